The predicted molar refractivity (Wildman–Crippen MR) is 102 cm³/mol. The van der Waals surface area contributed by atoms with Gasteiger partial charge in [-0.15, -0.1) is 32.9 Å². The van der Waals surface area contributed by atoms with E-state index >= 15 is 0 Å². The van der Waals surface area contributed by atoms with Crippen molar-refractivity contribution in [2.24, 2.45) is 0 Å². The highest BCUT2D eigenvalue weighted by Gasteiger charge is 2.17. The summed E-state index contributed by atoms with van der Waals surface area (Å²) in [6.45, 7) is 5.72. The Morgan fingerprint density at radius 2 is 2.04 bits per heavy atom. The van der Waals surface area contributed by atoms with Crippen LogP contribution in [0.15, 0.2) is 21.8 Å². The highest BCUT2D eigenvalue weighted by Crippen LogP contribution is 2.30. The van der Waals surface area contributed by atoms with Gasteiger partial charge in [0, 0.05) is 11.8 Å². The lowest BCUT2D eigenvalue weighted by Crippen LogP contribution is -2.18. The number of hydrogen-bond donors (Lipinski definition) is 1. The molecule has 3 heterocycles. The first-order valence-corrected chi connectivity index (χ1v) is 10.3. The molecule has 1 N–H and O–H groups in total. The van der Waals surface area contributed by atoms with Crippen LogP contribution in [0.1, 0.15) is 32.2 Å². The number of thiazole rings is 1. The van der Waals surface area contributed by atoms with Gasteiger partial charge in [-0.3, -0.25) is 9.59 Å². The third-order valence-electron chi connectivity index (χ3n) is 3.28. The third-order valence-corrected chi connectivity index (χ3v) is 6.28. The minimum Gasteiger partial charge on any atom is -0.410 e. The molecule has 10 heteroatoms. The molecule has 0 unspecified atom stereocenters. The summed E-state index contributed by atoms with van der Waals surface area (Å²) < 4.78 is 5.64. The second-order valence-corrected chi connectivity index (χ2v) is 8.71. The zero-order chi connectivity index (χ0) is 18.7. The number of nitrogens with zero attached hydrogens (tertiary/aromatic N) is 3. The molecule has 0 atom stereocenters. The van der Waals surface area contributed by atoms with E-state index in [4.69, 9.17) is 4.42 Å². The lowest BCUT2D eigenvalue weighted by molar-refractivity contribution is -0.119. The second-order valence-electron chi connectivity index (χ2n) is 5.41. The fraction of sp³-hybridized carbons (Fsp3) is 0.312. The van der Waals surface area contributed by atoms with Crippen LogP contribution in [0.25, 0.3) is 10.8 Å². The van der Waals surface area contributed by atoms with Gasteiger partial charge in [0.25, 0.3) is 11.1 Å². The summed E-state index contributed by atoms with van der Waals surface area (Å²) in [5.41, 5.74) is 0.856. The zero-order valence-electron chi connectivity index (χ0n) is 14.4. The van der Waals surface area contributed by atoms with Crippen molar-refractivity contribution in [1.82, 2.24) is 20.5 Å². The quantitative estimate of drug-likeness (QED) is 0.472. The van der Waals surface area contributed by atoms with Gasteiger partial charge in [0.1, 0.15) is 4.88 Å². The van der Waals surface area contributed by atoms with Gasteiger partial charge in [0.05, 0.1) is 27.9 Å². The van der Waals surface area contributed by atoms with E-state index in [1.54, 1.807) is 6.07 Å². The minimum atomic E-state index is -0.0969. The first-order chi connectivity index (χ1) is 12.4. The van der Waals surface area contributed by atoms with E-state index in [1.807, 2.05) is 19.9 Å². The van der Waals surface area contributed by atoms with Crippen molar-refractivity contribution in [3.05, 3.63) is 32.6 Å². The van der Waals surface area contributed by atoms with Crippen LogP contribution < -0.4 is 5.32 Å². The second kappa shape index (κ2) is 8.11. The minimum absolute atomic E-state index is 0.0151. The maximum atomic E-state index is 12.3. The Labute approximate surface area is 162 Å². The van der Waals surface area contributed by atoms with Crippen molar-refractivity contribution in [2.45, 2.75) is 32.5 Å². The van der Waals surface area contributed by atoms with Crippen LogP contribution in [0.5, 0.6) is 0 Å². The number of carbonyl (C=O) groups excluding carboxylic acids is 2. The Balaban J connectivity index is 1.58. The smallest absolute Gasteiger partial charge is 0.277 e. The van der Waals surface area contributed by atoms with E-state index < -0.39 is 0 Å². The molecular weight excluding hydrogens is 392 g/mol. The summed E-state index contributed by atoms with van der Waals surface area (Å²) in [7, 11) is 0. The maximum absolute atomic E-state index is 12.3. The summed E-state index contributed by atoms with van der Waals surface area (Å²) >= 11 is 4.08. The predicted octanol–water partition coefficient (Wildman–Crippen LogP) is 3.48. The lowest BCUT2D eigenvalue weighted by Gasteiger charge is -1.97. The Morgan fingerprint density at radius 1 is 1.23 bits per heavy atom. The number of ketones is 1. The SMILES string of the molecule is CC(=O)NCc1ccc(C(=O)CSc2nnc(-c3sc(C)nc3C)o2)s1. The summed E-state index contributed by atoms with van der Waals surface area (Å²) in [6.07, 6.45) is 0. The maximum Gasteiger partial charge on any atom is 0.277 e. The molecule has 0 radical (unpaired) electrons. The number of rotatable bonds is 7. The Kier molecular flexibility index (Phi) is 5.84. The van der Waals surface area contributed by atoms with Crippen LogP contribution in [0.4, 0.5) is 0 Å². The average molecular weight is 409 g/mol. The molecule has 3 aromatic rings. The Hall–Kier alpha value is -2.04. The summed E-state index contributed by atoms with van der Waals surface area (Å²) in [5.74, 6) is 0.526. The van der Waals surface area contributed by atoms with Crippen molar-refractivity contribution >= 4 is 46.1 Å². The highest BCUT2D eigenvalue weighted by molar-refractivity contribution is 7.99. The monoisotopic (exact) mass is 408 g/mol. The van der Waals surface area contributed by atoms with Gasteiger partial charge >= 0.3 is 0 Å². The third kappa shape index (κ3) is 4.57. The van der Waals surface area contributed by atoms with Crippen LogP contribution in [-0.4, -0.2) is 32.6 Å². The molecule has 0 spiro atoms. The number of aromatic nitrogens is 3. The molecular formula is C16H16N4O3S3. The van der Waals surface area contributed by atoms with Crippen LogP contribution in [0.3, 0.4) is 0 Å². The van der Waals surface area contributed by atoms with Crippen LogP contribution in [-0.2, 0) is 11.3 Å². The molecule has 0 bridgehead atoms. The molecule has 0 saturated carbocycles. The van der Waals surface area contributed by atoms with Gasteiger partial charge in [0.2, 0.25) is 5.91 Å². The van der Waals surface area contributed by atoms with Gasteiger partial charge < -0.3 is 9.73 Å². The van der Waals surface area contributed by atoms with Gasteiger partial charge in [-0.05, 0) is 26.0 Å². The molecule has 0 fully saturated rings. The number of carbonyl (C=O) groups is 2. The number of aryl methyl sites for hydroxylation is 2. The molecule has 26 heavy (non-hydrogen) atoms. The van der Waals surface area contributed by atoms with Crippen molar-refractivity contribution in [3.8, 4) is 10.8 Å². The van der Waals surface area contributed by atoms with Gasteiger partial charge in [-0.2, -0.15) is 0 Å². The molecule has 3 aromatic heterocycles. The van der Waals surface area contributed by atoms with Gasteiger partial charge in [-0.25, -0.2) is 4.98 Å². The molecule has 0 aliphatic carbocycles. The summed E-state index contributed by atoms with van der Waals surface area (Å²) in [6, 6.07) is 3.62. The molecule has 0 aromatic carbocycles. The number of amides is 1. The zero-order valence-corrected chi connectivity index (χ0v) is 16.8. The van der Waals surface area contributed by atoms with Gasteiger partial charge in [-0.1, -0.05) is 11.8 Å². The van der Waals surface area contributed by atoms with E-state index in [0.717, 1.165) is 20.5 Å². The number of thiophene rings is 1. The average Bonchev–Trinajstić information content (AvgIpc) is 3.30. The van der Waals surface area contributed by atoms with E-state index in [2.05, 4.69) is 20.5 Å². The number of Topliss-reactive ketones (excluding diaryl/α,β-unsaturated/α-hetero) is 1. The van der Waals surface area contributed by atoms with E-state index in [0.29, 0.717) is 22.5 Å². The number of hydrogen-bond acceptors (Lipinski definition) is 9. The normalized spacial score (nSPS) is 10.9. The standard InChI is InChI=1S/C16H16N4O3S3/c1-8-14(25-10(3)18-8)15-19-20-16(23-15)24-7-12(22)13-5-4-11(26-13)6-17-9(2)21/h4-5H,6-7H2,1-3H3,(H,17,21). The first-order valence-electron chi connectivity index (χ1n) is 7.69. The Bertz CT molecular complexity index is 944. The molecule has 7 nitrogen and oxygen atoms in total. The Morgan fingerprint density at radius 3 is 2.73 bits per heavy atom. The first kappa shape index (κ1) is 18.7. The fourth-order valence-corrected chi connectivity index (χ4v) is 4.59. The largest absolute Gasteiger partial charge is 0.410 e. The van der Waals surface area contributed by atoms with Crippen LogP contribution in [0.2, 0.25) is 0 Å². The molecule has 3 rings (SSSR count). The van der Waals surface area contributed by atoms with Crippen molar-refractivity contribution < 1.29 is 14.0 Å². The van der Waals surface area contributed by atoms with Crippen LogP contribution >= 0.6 is 34.4 Å². The number of nitrogens with one attached hydrogen (secondary N) is 1. The molecule has 0 aliphatic heterocycles. The topological polar surface area (TPSA) is 98.0 Å². The highest BCUT2D eigenvalue weighted by atomic mass is 32.2. The summed E-state index contributed by atoms with van der Waals surface area (Å²) in [5, 5.41) is 12.0. The molecule has 0 aliphatic rings. The fourth-order valence-electron chi connectivity index (χ4n) is 2.12. The van der Waals surface area contributed by atoms with E-state index in [1.165, 1.54) is 41.4 Å². The van der Waals surface area contributed by atoms with E-state index in [9.17, 15) is 9.59 Å². The van der Waals surface area contributed by atoms with E-state index in [-0.39, 0.29) is 17.4 Å². The van der Waals surface area contributed by atoms with Crippen molar-refractivity contribution in [2.75, 3.05) is 5.75 Å². The van der Waals surface area contributed by atoms with Crippen molar-refractivity contribution in [3.63, 3.8) is 0 Å². The van der Waals surface area contributed by atoms with Crippen molar-refractivity contribution in [1.29, 1.82) is 0 Å². The van der Waals surface area contributed by atoms with Gasteiger partial charge in [0.15, 0.2) is 5.78 Å². The lowest BCUT2D eigenvalue weighted by atomic mass is 10.3. The molecule has 0 saturated heterocycles. The number of thioether (sulfide) groups is 1. The van der Waals surface area contributed by atoms with Crippen LogP contribution in [0, 0.1) is 13.8 Å². The summed E-state index contributed by atoms with van der Waals surface area (Å²) in [4.78, 5) is 30.0. The molecule has 1 amide bonds. The molecule has 136 valence electrons.